The molecular formula is C50H48BOP. The third-order valence-corrected chi connectivity index (χ3v) is 13.9. The first-order valence-electron chi connectivity index (χ1n) is 18.5. The van der Waals surface area contributed by atoms with Gasteiger partial charge in [0.1, 0.15) is 29.3 Å². The van der Waals surface area contributed by atoms with Gasteiger partial charge in [0.15, 0.2) is 0 Å². The molecule has 0 amide bonds. The van der Waals surface area contributed by atoms with Gasteiger partial charge in [-0.1, -0.05) is 188 Å². The van der Waals surface area contributed by atoms with E-state index in [0.29, 0.717) is 6.42 Å². The molecule has 7 rings (SSSR count). The van der Waals surface area contributed by atoms with E-state index in [9.17, 15) is 5.11 Å². The molecule has 0 radical (unpaired) electrons. The van der Waals surface area contributed by atoms with Gasteiger partial charge in [-0.3, -0.25) is 0 Å². The summed E-state index contributed by atoms with van der Waals surface area (Å²) in [6, 6.07) is 75.8. The van der Waals surface area contributed by atoms with Crippen LogP contribution in [0.5, 0.6) is 0 Å². The fourth-order valence-electron chi connectivity index (χ4n) is 7.63. The van der Waals surface area contributed by atoms with Gasteiger partial charge in [-0.15, -0.1) is 0 Å². The maximum absolute atomic E-state index is 10.3. The van der Waals surface area contributed by atoms with Crippen molar-refractivity contribution in [3.8, 4) is 0 Å². The molecule has 7 aromatic rings. The molecule has 0 aromatic heterocycles. The van der Waals surface area contributed by atoms with Crippen molar-refractivity contribution >= 4 is 51.2 Å². The lowest BCUT2D eigenvalue weighted by Crippen LogP contribution is -2.74. The molecular weight excluding hydrogens is 658 g/mol. The van der Waals surface area contributed by atoms with Crippen LogP contribution >= 0.6 is 7.26 Å². The van der Waals surface area contributed by atoms with Crippen molar-refractivity contribution in [3.63, 3.8) is 0 Å². The van der Waals surface area contributed by atoms with Gasteiger partial charge in [0.25, 0.3) is 0 Å². The molecule has 3 heteroatoms. The van der Waals surface area contributed by atoms with Crippen LogP contribution in [0.25, 0.3) is 0 Å². The monoisotopic (exact) mass is 706 g/mol. The average molecular weight is 707 g/mol. The lowest BCUT2D eigenvalue weighted by atomic mass is 9.13. The van der Waals surface area contributed by atoms with E-state index in [-0.39, 0.29) is 0 Å². The Bertz CT molecular complexity index is 1890. The Morgan fingerprint density at radius 1 is 0.453 bits per heavy atom. The first kappa shape index (κ1) is 37.2. The van der Waals surface area contributed by atoms with Crippen LogP contribution in [-0.4, -0.2) is 17.4 Å². The summed E-state index contributed by atoms with van der Waals surface area (Å²) in [6.07, 6.45) is 3.01. The van der Waals surface area contributed by atoms with Crippen molar-refractivity contribution < 1.29 is 5.11 Å². The molecule has 1 N–H and O–H groups in total. The summed E-state index contributed by atoms with van der Waals surface area (Å²) >= 11 is 0. The fraction of sp³-hybridized carbons (Fsp3) is 0.0800. The van der Waals surface area contributed by atoms with E-state index in [1.807, 2.05) is 19.9 Å². The summed E-state index contributed by atoms with van der Waals surface area (Å²) in [5.74, 6) is 2.36. The van der Waals surface area contributed by atoms with E-state index in [1.165, 1.54) is 37.8 Å². The zero-order chi connectivity index (χ0) is 36.8. The molecule has 0 spiro atoms. The number of hydrogen-bond donors (Lipinski definition) is 1. The highest BCUT2D eigenvalue weighted by molar-refractivity contribution is 7.98. The van der Waals surface area contributed by atoms with E-state index in [4.69, 9.17) is 0 Å². The smallest absolute Gasteiger partial charge is 0.136 e. The van der Waals surface area contributed by atoms with E-state index >= 15 is 0 Å². The molecule has 0 saturated heterocycles. The highest BCUT2D eigenvalue weighted by Gasteiger charge is 2.43. The Morgan fingerprint density at radius 2 is 0.717 bits per heavy atom. The molecule has 0 heterocycles. The first-order chi connectivity index (χ1) is 26.0. The van der Waals surface area contributed by atoms with Crippen LogP contribution < -0.4 is 37.8 Å². The van der Waals surface area contributed by atoms with Crippen molar-refractivity contribution in [2.24, 2.45) is 0 Å². The van der Waals surface area contributed by atoms with Gasteiger partial charge < -0.3 is 5.11 Å². The van der Waals surface area contributed by atoms with Crippen LogP contribution in [0, 0.1) is 0 Å². The van der Waals surface area contributed by atoms with E-state index < -0.39 is 19.5 Å². The molecule has 53 heavy (non-hydrogen) atoms. The molecule has 0 aliphatic carbocycles. The van der Waals surface area contributed by atoms with E-state index in [1.54, 1.807) is 0 Å². The summed E-state index contributed by atoms with van der Waals surface area (Å²) in [5.41, 5.74) is 6.49. The Balaban J connectivity index is 0.000000182. The summed E-state index contributed by atoms with van der Waals surface area (Å²) in [6.45, 7) is 4.03. The second-order valence-electron chi connectivity index (χ2n) is 13.7. The average Bonchev–Trinajstić information content (AvgIpc) is 3.22. The van der Waals surface area contributed by atoms with Crippen molar-refractivity contribution in [1.29, 1.82) is 0 Å². The quantitative estimate of drug-likeness (QED) is 0.0816. The minimum absolute atomic E-state index is 0.453. The number of benzene rings is 7. The van der Waals surface area contributed by atoms with Crippen LogP contribution in [-0.2, 0) is 0 Å². The molecule has 262 valence electrons. The second-order valence-corrected chi connectivity index (χ2v) is 17.0. The molecule has 1 unspecified atom stereocenters. The molecule has 1 nitrogen and oxygen atoms in total. The van der Waals surface area contributed by atoms with Gasteiger partial charge >= 0.3 is 0 Å². The van der Waals surface area contributed by atoms with E-state index in [2.05, 4.69) is 224 Å². The Labute approximate surface area is 317 Å². The minimum Gasteiger partial charge on any atom is -0.389 e. The summed E-state index contributed by atoms with van der Waals surface area (Å²) < 4.78 is 0. The molecule has 0 saturated carbocycles. The molecule has 1 atom stereocenters. The summed E-state index contributed by atoms with van der Waals surface area (Å²) in [7, 11) is -1.96. The minimum atomic E-state index is -1.96. The van der Waals surface area contributed by atoms with Crippen molar-refractivity contribution in [3.05, 3.63) is 236 Å². The van der Waals surface area contributed by atoms with Crippen molar-refractivity contribution in [1.82, 2.24) is 0 Å². The van der Waals surface area contributed by atoms with Gasteiger partial charge in [0.2, 0.25) is 0 Å². The van der Waals surface area contributed by atoms with Crippen LogP contribution in [0.2, 0.25) is 0 Å². The predicted octanol–water partition coefficient (Wildman–Crippen LogP) is 8.28. The largest absolute Gasteiger partial charge is 0.389 e. The fourth-order valence-corrected chi connectivity index (χ4v) is 11.4. The summed E-state index contributed by atoms with van der Waals surface area (Å²) in [4.78, 5) is 0. The molecule has 7 aromatic carbocycles. The predicted molar refractivity (Wildman–Crippen MR) is 234 cm³/mol. The van der Waals surface area contributed by atoms with Gasteiger partial charge in [0, 0.05) is 0 Å². The van der Waals surface area contributed by atoms with Gasteiger partial charge in [-0.25, -0.2) is 0 Å². The number of rotatable bonds is 11. The SMILES string of the molecule is CC(C)=CC(O)C/C=C/[P+](c1ccccc1)(c1ccccc1)c1ccccc1.c1ccc([B-](c2ccccc2)(c2ccccc2)c2ccccc2)cc1. The van der Waals surface area contributed by atoms with Crippen molar-refractivity contribution in [2.45, 2.75) is 26.4 Å². The number of aliphatic hydroxyl groups excluding tert-OH is 1. The van der Waals surface area contributed by atoms with Crippen LogP contribution in [0.4, 0.5) is 0 Å². The zero-order valence-corrected chi connectivity index (χ0v) is 31.6. The molecule has 0 aliphatic rings. The van der Waals surface area contributed by atoms with Crippen LogP contribution in [0.3, 0.4) is 0 Å². The van der Waals surface area contributed by atoms with Crippen LogP contribution in [0.15, 0.2) is 236 Å². The lowest BCUT2D eigenvalue weighted by molar-refractivity contribution is 0.226. The second kappa shape index (κ2) is 18.3. The third kappa shape index (κ3) is 8.59. The standard InChI is InChI=1S/C26H28OP.C24H20B/c1-22(2)21-23(27)13-12-20-28(24-14-6-3-7-15-24,25-16-8-4-9-17-25)26-18-10-5-11-19-26;1-5-13-21(14-6-1)25(22-15-7-2-8-16-22,23-17-9-3-10-18-23)24-19-11-4-12-20-24/h3-12,14-21,23,27H,13H2,1-2H3;1-20H/q+1;-1/b20-12+;. The molecule has 0 aliphatic heterocycles. The first-order valence-corrected chi connectivity index (χ1v) is 20.3. The highest BCUT2D eigenvalue weighted by Crippen LogP contribution is 2.56. The third-order valence-electron chi connectivity index (χ3n) is 9.92. The Morgan fingerprint density at radius 3 is 0.981 bits per heavy atom. The van der Waals surface area contributed by atoms with Crippen LogP contribution in [0.1, 0.15) is 20.3 Å². The number of allylic oxidation sites excluding steroid dienone is 1. The van der Waals surface area contributed by atoms with Crippen molar-refractivity contribution in [2.75, 3.05) is 0 Å². The molecule has 0 bridgehead atoms. The van der Waals surface area contributed by atoms with E-state index in [0.717, 1.165) is 5.57 Å². The number of aliphatic hydroxyl groups is 1. The van der Waals surface area contributed by atoms with Gasteiger partial charge in [-0.05, 0) is 62.7 Å². The Hall–Kier alpha value is -5.53. The number of hydrogen-bond acceptors (Lipinski definition) is 1. The highest BCUT2D eigenvalue weighted by atomic mass is 31.2. The lowest BCUT2D eigenvalue weighted by Gasteiger charge is -2.44. The maximum atomic E-state index is 10.3. The topological polar surface area (TPSA) is 20.2 Å². The normalized spacial score (nSPS) is 12.0. The maximum Gasteiger partial charge on any atom is 0.136 e. The molecule has 0 fully saturated rings. The zero-order valence-electron chi connectivity index (χ0n) is 30.7. The van der Waals surface area contributed by atoms with Gasteiger partial charge in [-0.2, -0.15) is 21.9 Å². The Kier molecular flexibility index (Phi) is 12.9. The van der Waals surface area contributed by atoms with Gasteiger partial charge in [0.05, 0.1) is 11.9 Å². The summed E-state index contributed by atoms with van der Waals surface area (Å²) in [5, 5.41) is 14.3.